The molecule has 0 spiro atoms. The Morgan fingerprint density at radius 1 is 0.756 bits per heavy atom. The molecule has 2 fully saturated rings. The molecular weight excluding hydrogens is 520 g/mol. The Morgan fingerprint density at radius 2 is 1.32 bits per heavy atom. The third-order valence-electron chi connectivity index (χ3n) is 7.45. The quantitative estimate of drug-likeness (QED) is 0.347. The van der Waals surface area contributed by atoms with Gasteiger partial charge in [0.25, 0.3) is 11.8 Å². The van der Waals surface area contributed by atoms with E-state index in [0.717, 1.165) is 57.8 Å². The van der Waals surface area contributed by atoms with Crippen LogP contribution in [0.5, 0.6) is 0 Å². The van der Waals surface area contributed by atoms with E-state index in [2.05, 4.69) is 16.0 Å². The number of carbonyl (C=O) groups is 4. The van der Waals surface area contributed by atoms with Crippen molar-refractivity contribution in [2.45, 2.75) is 103 Å². The number of nitrogens with one attached hydrogen (secondary N) is 3. The van der Waals surface area contributed by atoms with Gasteiger partial charge in [-0.1, -0.05) is 50.7 Å². The molecule has 2 saturated carbocycles. The fraction of sp³-hybridized carbons (Fsp3) is 0.500. The average molecular weight is 563 g/mol. The lowest BCUT2D eigenvalue weighted by Crippen LogP contribution is -2.52. The summed E-state index contributed by atoms with van der Waals surface area (Å²) in [6.07, 6.45) is 9.31. The van der Waals surface area contributed by atoms with Gasteiger partial charge >= 0.3 is 12.1 Å². The highest BCUT2D eigenvalue weighted by molar-refractivity contribution is 6.07. The predicted molar refractivity (Wildman–Crippen MR) is 159 cm³/mol. The van der Waals surface area contributed by atoms with E-state index in [-0.39, 0.29) is 24.0 Å². The van der Waals surface area contributed by atoms with E-state index in [1.165, 1.54) is 11.3 Å². The Hall–Kier alpha value is -3.88. The maximum Gasteiger partial charge on any atom is 0.412 e. The molecule has 0 aliphatic heterocycles. The molecule has 2 aliphatic rings. The van der Waals surface area contributed by atoms with E-state index in [9.17, 15) is 19.2 Å². The molecule has 0 atom stereocenters. The van der Waals surface area contributed by atoms with E-state index in [4.69, 9.17) is 4.74 Å². The Morgan fingerprint density at radius 3 is 1.95 bits per heavy atom. The summed E-state index contributed by atoms with van der Waals surface area (Å²) in [6.45, 7) is 5.31. The molecule has 41 heavy (non-hydrogen) atoms. The first-order valence-corrected chi connectivity index (χ1v) is 14.7. The predicted octanol–water partition coefficient (Wildman–Crippen LogP) is 7.10. The molecule has 0 radical (unpaired) electrons. The van der Waals surface area contributed by atoms with Gasteiger partial charge in [0.1, 0.15) is 5.60 Å². The lowest BCUT2D eigenvalue weighted by molar-refractivity contribution is 0.0633. The van der Waals surface area contributed by atoms with Crippen LogP contribution in [0, 0.1) is 0 Å². The molecular formula is C32H42N4O5. The first kappa shape index (κ1) is 30.1. The summed E-state index contributed by atoms with van der Waals surface area (Å²) in [5.74, 6) is -0.758. The van der Waals surface area contributed by atoms with Gasteiger partial charge in [-0.05, 0) is 82.9 Å². The van der Waals surface area contributed by atoms with Crippen molar-refractivity contribution in [2.24, 2.45) is 0 Å². The summed E-state index contributed by atoms with van der Waals surface area (Å²) in [6, 6.07) is 12.8. The third kappa shape index (κ3) is 8.80. The van der Waals surface area contributed by atoms with Gasteiger partial charge in [0.15, 0.2) is 0 Å². The third-order valence-corrected chi connectivity index (χ3v) is 7.45. The van der Waals surface area contributed by atoms with Crippen LogP contribution in [0.3, 0.4) is 0 Å². The standard InChI is InChI=1S/C32H42N4O5/c1-32(2,3)41-31(40)35-26-17-10-12-22(20-26)28(37)33-25-16-11-13-23(21-25)29(38)36(27-18-8-5-9-19-27)30(39)34-24-14-6-4-7-15-24/h10-13,16-17,20-21,24,27H,4-9,14-15,18-19H2,1-3H3,(H,33,37)(H,34,39)(H,35,40). The highest BCUT2D eigenvalue weighted by Gasteiger charge is 2.33. The monoisotopic (exact) mass is 562 g/mol. The molecule has 9 heteroatoms. The average Bonchev–Trinajstić information content (AvgIpc) is 2.93. The first-order chi connectivity index (χ1) is 19.6. The van der Waals surface area contributed by atoms with Crippen LogP contribution in [0.25, 0.3) is 0 Å². The summed E-state index contributed by atoms with van der Waals surface area (Å²) < 4.78 is 5.28. The number of hydrogen-bond donors (Lipinski definition) is 3. The van der Waals surface area contributed by atoms with Crippen molar-refractivity contribution >= 4 is 35.3 Å². The van der Waals surface area contributed by atoms with Crippen LogP contribution in [0.2, 0.25) is 0 Å². The van der Waals surface area contributed by atoms with Gasteiger partial charge in [0.05, 0.1) is 0 Å². The molecule has 0 bridgehead atoms. The number of ether oxygens (including phenoxy) is 1. The van der Waals surface area contributed by atoms with Gasteiger partial charge in [-0.2, -0.15) is 0 Å². The normalized spacial score (nSPS) is 16.4. The van der Waals surface area contributed by atoms with Crippen molar-refractivity contribution in [3.63, 3.8) is 0 Å². The largest absolute Gasteiger partial charge is 0.444 e. The van der Waals surface area contributed by atoms with Gasteiger partial charge in [0.2, 0.25) is 0 Å². The zero-order valence-electron chi connectivity index (χ0n) is 24.3. The van der Waals surface area contributed by atoms with Gasteiger partial charge in [-0.3, -0.25) is 19.8 Å². The summed E-state index contributed by atoms with van der Waals surface area (Å²) >= 11 is 0. The first-order valence-electron chi connectivity index (χ1n) is 14.7. The second-order valence-corrected chi connectivity index (χ2v) is 12.0. The van der Waals surface area contributed by atoms with Crippen LogP contribution in [0.1, 0.15) is 106 Å². The molecule has 2 aliphatic carbocycles. The molecule has 0 unspecified atom stereocenters. The molecule has 0 saturated heterocycles. The fourth-order valence-electron chi connectivity index (χ4n) is 5.49. The van der Waals surface area contributed by atoms with Crippen molar-refractivity contribution < 1.29 is 23.9 Å². The number of urea groups is 1. The number of hydrogen-bond acceptors (Lipinski definition) is 5. The molecule has 0 heterocycles. The maximum absolute atomic E-state index is 13.8. The van der Waals surface area contributed by atoms with Crippen LogP contribution in [0.15, 0.2) is 48.5 Å². The van der Waals surface area contributed by atoms with Gasteiger partial charge in [-0.15, -0.1) is 0 Å². The van der Waals surface area contributed by atoms with Crippen LogP contribution >= 0.6 is 0 Å². The number of rotatable bonds is 6. The maximum atomic E-state index is 13.8. The van der Waals surface area contributed by atoms with Crippen LogP contribution in [-0.4, -0.2) is 46.5 Å². The summed E-state index contributed by atoms with van der Waals surface area (Å²) in [5.41, 5.74) is 0.869. The molecule has 9 nitrogen and oxygen atoms in total. The van der Waals surface area contributed by atoms with Crippen molar-refractivity contribution in [3.05, 3.63) is 59.7 Å². The highest BCUT2D eigenvalue weighted by atomic mass is 16.6. The summed E-state index contributed by atoms with van der Waals surface area (Å²) in [5, 5.41) is 8.59. The summed E-state index contributed by atoms with van der Waals surface area (Å²) in [7, 11) is 0. The Labute approximate surface area is 242 Å². The zero-order chi connectivity index (χ0) is 29.4. The highest BCUT2D eigenvalue weighted by Crippen LogP contribution is 2.26. The second-order valence-electron chi connectivity index (χ2n) is 12.0. The minimum Gasteiger partial charge on any atom is -0.444 e. The van der Waals surface area contributed by atoms with E-state index >= 15 is 0 Å². The summed E-state index contributed by atoms with van der Waals surface area (Å²) in [4.78, 5) is 53.8. The number of benzene rings is 2. The van der Waals surface area contributed by atoms with Gasteiger partial charge in [0, 0.05) is 34.6 Å². The smallest absolute Gasteiger partial charge is 0.412 e. The Bertz CT molecular complexity index is 1240. The number of anilines is 2. The Kier molecular flexibility index (Phi) is 10.0. The Balaban J connectivity index is 1.46. The molecule has 220 valence electrons. The van der Waals surface area contributed by atoms with Gasteiger partial charge in [-0.25, -0.2) is 9.59 Å². The lowest BCUT2D eigenvalue weighted by Gasteiger charge is -2.34. The second kappa shape index (κ2) is 13.7. The fourth-order valence-corrected chi connectivity index (χ4v) is 5.49. The molecule has 2 aromatic rings. The molecule has 3 N–H and O–H groups in total. The number of nitrogens with zero attached hydrogens (tertiary/aromatic N) is 1. The van der Waals surface area contributed by atoms with Crippen molar-refractivity contribution in [1.29, 1.82) is 0 Å². The molecule has 4 rings (SSSR count). The number of amides is 5. The van der Waals surface area contributed by atoms with Crippen LogP contribution in [-0.2, 0) is 4.74 Å². The SMILES string of the molecule is CC(C)(C)OC(=O)Nc1cccc(C(=O)Nc2cccc(C(=O)N(C(=O)NC3CCCCC3)C3CCCCC3)c2)c1. The van der Waals surface area contributed by atoms with Crippen molar-refractivity contribution in [2.75, 3.05) is 10.6 Å². The van der Waals surface area contributed by atoms with Crippen LogP contribution in [0.4, 0.5) is 21.0 Å². The van der Waals surface area contributed by atoms with E-state index in [0.29, 0.717) is 22.5 Å². The topological polar surface area (TPSA) is 117 Å². The van der Waals surface area contributed by atoms with Crippen molar-refractivity contribution in [1.82, 2.24) is 10.2 Å². The zero-order valence-corrected chi connectivity index (χ0v) is 24.3. The number of carbonyl (C=O) groups excluding carboxylic acids is 4. The molecule has 5 amide bonds. The van der Waals surface area contributed by atoms with Crippen molar-refractivity contribution in [3.8, 4) is 0 Å². The molecule has 2 aromatic carbocycles. The van der Waals surface area contributed by atoms with Gasteiger partial charge < -0.3 is 15.4 Å². The number of imide groups is 1. The van der Waals surface area contributed by atoms with Crippen LogP contribution < -0.4 is 16.0 Å². The minimum absolute atomic E-state index is 0.0985. The van der Waals surface area contributed by atoms with E-state index in [1.54, 1.807) is 69.3 Å². The van der Waals surface area contributed by atoms with E-state index in [1.807, 2.05) is 0 Å². The van der Waals surface area contributed by atoms with E-state index < -0.39 is 17.6 Å². The lowest BCUT2D eigenvalue weighted by atomic mass is 9.93. The molecule has 0 aromatic heterocycles. The minimum atomic E-state index is -0.648.